The standard InChI is InChI=1S/2C9H12.C8H8OS/c2*1-3-9-6-4-8(2)5-7-9;1-6(9)7-4-2-3-5-8(7)10/h2*4-7H,3H2,1-2H3;2-5,10H,1H3. The smallest absolute Gasteiger partial charge is 0.160 e. The highest BCUT2D eigenvalue weighted by atomic mass is 32.1. The fraction of sp³-hybridized carbons (Fsp3) is 0.269. The molecule has 3 rings (SSSR count). The fourth-order valence-electron chi connectivity index (χ4n) is 2.42. The Bertz CT molecular complexity index is 788. The number of rotatable bonds is 3. The number of hydrogen-bond donors (Lipinski definition) is 1. The van der Waals surface area contributed by atoms with Gasteiger partial charge in [-0.1, -0.05) is 91.7 Å². The van der Waals surface area contributed by atoms with Gasteiger partial charge in [0.05, 0.1) is 0 Å². The molecule has 1 nitrogen and oxygen atoms in total. The summed E-state index contributed by atoms with van der Waals surface area (Å²) >= 11 is 4.12. The lowest BCUT2D eigenvalue weighted by molar-refractivity contribution is 0.101. The van der Waals surface area contributed by atoms with Gasteiger partial charge in [-0.05, 0) is 50.8 Å². The van der Waals surface area contributed by atoms with Crippen molar-refractivity contribution < 1.29 is 4.79 Å². The van der Waals surface area contributed by atoms with Crippen molar-refractivity contribution in [3.63, 3.8) is 0 Å². The number of carbonyl (C=O) groups excluding carboxylic acids is 1. The van der Waals surface area contributed by atoms with Gasteiger partial charge in [-0.2, -0.15) is 0 Å². The second-order valence-corrected chi connectivity index (χ2v) is 7.23. The summed E-state index contributed by atoms with van der Waals surface area (Å²) in [5.41, 5.74) is 6.20. The molecule has 0 amide bonds. The monoisotopic (exact) mass is 392 g/mol. The van der Waals surface area contributed by atoms with Gasteiger partial charge >= 0.3 is 0 Å². The molecule has 28 heavy (non-hydrogen) atoms. The number of aryl methyl sites for hydroxylation is 4. The van der Waals surface area contributed by atoms with Crippen LogP contribution in [0.4, 0.5) is 0 Å². The van der Waals surface area contributed by atoms with Crippen LogP contribution >= 0.6 is 12.6 Å². The number of hydrogen-bond acceptors (Lipinski definition) is 2. The molecule has 3 aromatic carbocycles. The summed E-state index contributed by atoms with van der Waals surface area (Å²) in [5.74, 6) is 0.0607. The van der Waals surface area contributed by atoms with Gasteiger partial charge in [0, 0.05) is 10.5 Å². The summed E-state index contributed by atoms with van der Waals surface area (Å²) in [6.07, 6.45) is 2.28. The van der Waals surface area contributed by atoms with E-state index in [1.54, 1.807) is 12.1 Å². The first-order valence-corrected chi connectivity index (χ1v) is 10.2. The van der Waals surface area contributed by atoms with Crippen LogP contribution in [0.5, 0.6) is 0 Å². The Hall–Kier alpha value is -2.32. The zero-order valence-electron chi connectivity index (χ0n) is 17.7. The van der Waals surface area contributed by atoms with Crippen LogP contribution in [0.1, 0.15) is 53.4 Å². The van der Waals surface area contributed by atoms with E-state index < -0.39 is 0 Å². The zero-order chi connectivity index (χ0) is 20.9. The van der Waals surface area contributed by atoms with E-state index >= 15 is 0 Å². The SMILES string of the molecule is CC(=O)c1ccccc1S.CCc1ccc(C)cc1.CCc1ccc(C)cc1. The summed E-state index contributed by atoms with van der Waals surface area (Å²) in [6, 6.07) is 24.6. The predicted octanol–water partition coefficient (Wildman–Crippen LogP) is 7.29. The van der Waals surface area contributed by atoms with Gasteiger partial charge in [0.25, 0.3) is 0 Å². The van der Waals surface area contributed by atoms with Crippen molar-refractivity contribution in [3.05, 3.63) is 101 Å². The molecular formula is C26H32OS. The van der Waals surface area contributed by atoms with Crippen LogP contribution in [-0.2, 0) is 12.8 Å². The Morgan fingerprint density at radius 3 is 1.39 bits per heavy atom. The van der Waals surface area contributed by atoms with Crippen molar-refractivity contribution in [2.24, 2.45) is 0 Å². The maximum absolute atomic E-state index is 10.8. The van der Waals surface area contributed by atoms with Crippen LogP contribution in [0, 0.1) is 13.8 Å². The first-order valence-electron chi connectivity index (χ1n) is 9.77. The molecule has 0 unspecified atom stereocenters. The second kappa shape index (κ2) is 13.0. The molecule has 148 valence electrons. The van der Waals surface area contributed by atoms with Crippen LogP contribution in [-0.4, -0.2) is 5.78 Å². The third-order valence-corrected chi connectivity index (χ3v) is 4.73. The number of thiol groups is 1. The quantitative estimate of drug-likeness (QED) is 0.366. The van der Waals surface area contributed by atoms with Gasteiger partial charge in [0.15, 0.2) is 5.78 Å². The molecule has 0 aliphatic heterocycles. The molecule has 3 aromatic rings. The molecule has 0 aliphatic rings. The van der Waals surface area contributed by atoms with Gasteiger partial charge in [-0.15, -0.1) is 12.6 Å². The van der Waals surface area contributed by atoms with E-state index in [0.29, 0.717) is 5.56 Å². The summed E-state index contributed by atoms with van der Waals surface area (Å²) in [6.45, 7) is 10.1. The molecule has 0 atom stereocenters. The largest absolute Gasteiger partial charge is 0.294 e. The van der Waals surface area contributed by atoms with E-state index in [4.69, 9.17) is 0 Å². The van der Waals surface area contributed by atoms with Gasteiger partial charge in [-0.25, -0.2) is 0 Å². The fourth-order valence-corrected chi connectivity index (χ4v) is 2.74. The van der Waals surface area contributed by atoms with E-state index in [1.165, 1.54) is 29.2 Å². The first-order chi connectivity index (χ1) is 13.4. The molecule has 0 radical (unpaired) electrons. The molecule has 0 bridgehead atoms. The van der Waals surface area contributed by atoms with Crippen molar-refractivity contribution in [1.82, 2.24) is 0 Å². The average molecular weight is 393 g/mol. The molecule has 2 heteroatoms. The van der Waals surface area contributed by atoms with Crippen LogP contribution in [0.2, 0.25) is 0 Å². The average Bonchev–Trinajstić information content (AvgIpc) is 2.70. The molecule has 0 fully saturated rings. The van der Waals surface area contributed by atoms with Crippen LogP contribution in [0.25, 0.3) is 0 Å². The maximum atomic E-state index is 10.8. The summed E-state index contributed by atoms with van der Waals surface area (Å²) < 4.78 is 0. The lowest BCUT2D eigenvalue weighted by Crippen LogP contribution is -1.91. The van der Waals surface area contributed by atoms with Crippen molar-refractivity contribution >= 4 is 18.4 Å². The molecule has 0 saturated heterocycles. The van der Waals surface area contributed by atoms with Crippen LogP contribution in [0.3, 0.4) is 0 Å². The Kier molecular flexibility index (Phi) is 11.0. The third kappa shape index (κ3) is 9.05. The highest BCUT2D eigenvalue weighted by molar-refractivity contribution is 7.80. The minimum absolute atomic E-state index is 0.0607. The van der Waals surface area contributed by atoms with Crippen LogP contribution in [0.15, 0.2) is 77.7 Å². The maximum Gasteiger partial charge on any atom is 0.160 e. The number of Topliss-reactive ketones (excluding diaryl/α,β-unsaturated/α-hetero) is 1. The molecular weight excluding hydrogens is 360 g/mol. The summed E-state index contributed by atoms with van der Waals surface area (Å²) in [7, 11) is 0. The zero-order valence-corrected chi connectivity index (χ0v) is 18.6. The number of ketones is 1. The highest BCUT2D eigenvalue weighted by Gasteiger charge is 2.00. The van der Waals surface area contributed by atoms with Crippen molar-refractivity contribution in [2.75, 3.05) is 0 Å². The predicted molar refractivity (Wildman–Crippen MR) is 125 cm³/mol. The summed E-state index contributed by atoms with van der Waals surface area (Å²) in [5, 5.41) is 0. The topological polar surface area (TPSA) is 17.1 Å². The molecule has 0 aromatic heterocycles. The highest BCUT2D eigenvalue weighted by Crippen LogP contribution is 2.12. The van der Waals surface area contributed by atoms with Gasteiger partial charge in [0.1, 0.15) is 0 Å². The first kappa shape index (κ1) is 23.7. The van der Waals surface area contributed by atoms with Gasteiger partial charge in [-0.3, -0.25) is 4.79 Å². The Morgan fingerprint density at radius 2 is 1.11 bits per heavy atom. The number of carbonyl (C=O) groups is 1. The Labute approximate surface area is 176 Å². The minimum atomic E-state index is 0.0607. The Morgan fingerprint density at radius 1 is 0.714 bits per heavy atom. The second-order valence-electron chi connectivity index (χ2n) is 6.75. The van der Waals surface area contributed by atoms with Crippen molar-refractivity contribution in [3.8, 4) is 0 Å². The van der Waals surface area contributed by atoms with Crippen LogP contribution < -0.4 is 0 Å². The van der Waals surface area contributed by atoms with Gasteiger partial charge in [0.2, 0.25) is 0 Å². The molecule has 0 N–H and O–H groups in total. The molecule has 0 saturated carbocycles. The molecule has 0 spiro atoms. The Balaban J connectivity index is 0.000000210. The van der Waals surface area contributed by atoms with Gasteiger partial charge < -0.3 is 0 Å². The van der Waals surface area contributed by atoms with E-state index in [1.807, 2.05) is 12.1 Å². The third-order valence-electron chi connectivity index (χ3n) is 4.34. The molecule has 0 heterocycles. The van der Waals surface area contributed by atoms with Crippen molar-refractivity contribution in [2.45, 2.75) is 52.4 Å². The lowest BCUT2D eigenvalue weighted by atomic mass is 10.1. The normalized spacial score (nSPS) is 9.50. The van der Waals surface area contributed by atoms with Crippen molar-refractivity contribution in [1.29, 1.82) is 0 Å². The van der Waals surface area contributed by atoms with E-state index in [2.05, 4.69) is 88.9 Å². The number of benzene rings is 3. The minimum Gasteiger partial charge on any atom is -0.294 e. The lowest BCUT2D eigenvalue weighted by Gasteiger charge is -1.96. The molecule has 0 aliphatic carbocycles. The summed E-state index contributed by atoms with van der Waals surface area (Å²) in [4.78, 5) is 11.6. The van der Waals surface area contributed by atoms with E-state index in [9.17, 15) is 4.79 Å². The van der Waals surface area contributed by atoms with E-state index in [0.717, 1.165) is 17.7 Å². The van der Waals surface area contributed by atoms with E-state index in [-0.39, 0.29) is 5.78 Å².